The smallest absolute Gasteiger partial charge is 0.347 e. The van der Waals surface area contributed by atoms with Gasteiger partial charge in [0.2, 0.25) is 0 Å². The molecule has 0 fully saturated rings. The molecule has 0 aromatic heterocycles. The number of nitrogens with one attached hydrogen (secondary N) is 1. The molecule has 0 atom stereocenters. The van der Waals surface area contributed by atoms with E-state index in [1.165, 1.54) is 13.8 Å². The van der Waals surface area contributed by atoms with E-state index >= 15 is 0 Å². The summed E-state index contributed by atoms with van der Waals surface area (Å²) in [6.45, 7) is 5.15. The largest absolute Gasteiger partial charge is 0.508 e. The minimum absolute atomic E-state index is 0.224. The number of hydrogen-bond acceptors (Lipinski definition) is 5. The minimum atomic E-state index is -1.25. The van der Waals surface area contributed by atoms with Crippen LogP contribution in [-0.2, 0) is 11.3 Å². The van der Waals surface area contributed by atoms with E-state index in [0.717, 1.165) is 24.3 Å². The van der Waals surface area contributed by atoms with Crippen molar-refractivity contribution < 1.29 is 24.5 Å². The van der Waals surface area contributed by atoms with Gasteiger partial charge in [0.05, 0.1) is 6.61 Å². The number of phenolic OH excluding ortho intramolecular Hbond substituents is 1. The predicted octanol–water partition coefficient (Wildman–Crippen LogP) is 3.19. The maximum absolute atomic E-state index is 11.1. The summed E-state index contributed by atoms with van der Waals surface area (Å²) in [5, 5.41) is 21.6. The molecule has 2 aromatic carbocycles. The van der Waals surface area contributed by atoms with Gasteiger partial charge in [-0.15, -0.1) is 0 Å². The Morgan fingerprint density at radius 1 is 1.04 bits per heavy atom. The number of carboxylic acid groups (broad SMARTS) is 1. The first-order valence-corrected chi connectivity index (χ1v) is 8.51. The third-order valence-electron chi connectivity index (χ3n) is 3.74. The Bertz CT molecular complexity index is 695. The highest BCUT2D eigenvalue weighted by Crippen LogP contribution is 2.19. The number of rotatable bonds is 10. The summed E-state index contributed by atoms with van der Waals surface area (Å²) in [6, 6.07) is 14.0. The van der Waals surface area contributed by atoms with E-state index in [1.54, 1.807) is 36.4 Å². The number of aromatic hydroxyl groups is 1. The Kier molecular flexibility index (Phi) is 6.86. The van der Waals surface area contributed by atoms with Gasteiger partial charge in [0.25, 0.3) is 0 Å². The second kappa shape index (κ2) is 9.10. The quantitative estimate of drug-likeness (QED) is 0.565. The molecule has 0 bridgehead atoms. The van der Waals surface area contributed by atoms with Gasteiger partial charge in [-0.3, -0.25) is 0 Å². The Labute approximate surface area is 153 Å². The Balaban J connectivity index is 1.65. The van der Waals surface area contributed by atoms with Crippen LogP contribution in [0.4, 0.5) is 0 Å². The molecule has 0 heterocycles. The topological polar surface area (TPSA) is 88.0 Å². The molecule has 0 aliphatic rings. The summed E-state index contributed by atoms with van der Waals surface area (Å²) < 4.78 is 11.1. The molecule has 0 saturated carbocycles. The molecule has 26 heavy (non-hydrogen) atoms. The van der Waals surface area contributed by atoms with Gasteiger partial charge in [0.15, 0.2) is 5.60 Å². The van der Waals surface area contributed by atoms with Crippen molar-refractivity contribution in [1.29, 1.82) is 0 Å². The molecule has 3 N–H and O–H groups in total. The third-order valence-corrected chi connectivity index (χ3v) is 3.74. The van der Waals surface area contributed by atoms with Crippen molar-refractivity contribution in [2.24, 2.45) is 0 Å². The van der Waals surface area contributed by atoms with Gasteiger partial charge >= 0.3 is 5.97 Å². The van der Waals surface area contributed by atoms with E-state index in [4.69, 9.17) is 14.6 Å². The van der Waals surface area contributed by atoms with Gasteiger partial charge in [-0.05, 0) is 68.8 Å². The van der Waals surface area contributed by atoms with Crippen LogP contribution >= 0.6 is 0 Å². The number of phenols is 1. The molecule has 0 amide bonds. The highest BCUT2D eigenvalue weighted by molar-refractivity contribution is 5.76. The number of benzene rings is 2. The number of carbonyl (C=O) groups is 1. The van der Waals surface area contributed by atoms with Gasteiger partial charge in [-0.1, -0.05) is 12.1 Å². The van der Waals surface area contributed by atoms with Crippen molar-refractivity contribution >= 4 is 5.97 Å². The molecule has 2 aromatic rings. The fraction of sp³-hybridized carbons (Fsp3) is 0.350. The van der Waals surface area contributed by atoms with Gasteiger partial charge in [0.1, 0.15) is 17.2 Å². The van der Waals surface area contributed by atoms with Crippen molar-refractivity contribution in [3.63, 3.8) is 0 Å². The number of aliphatic carboxylic acids is 1. The van der Waals surface area contributed by atoms with Gasteiger partial charge in [0, 0.05) is 6.54 Å². The average Bonchev–Trinajstić information content (AvgIpc) is 2.60. The number of carboxylic acids is 1. The van der Waals surface area contributed by atoms with E-state index in [2.05, 4.69) is 5.32 Å². The van der Waals surface area contributed by atoms with Gasteiger partial charge in [-0.25, -0.2) is 4.79 Å². The molecule has 0 unspecified atom stereocenters. The fourth-order valence-corrected chi connectivity index (χ4v) is 2.18. The lowest BCUT2D eigenvalue weighted by atomic mass is 10.1. The first kappa shape index (κ1) is 19.6. The second-order valence-electron chi connectivity index (χ2n) is 6.43. The summed E-state index contributed by atoms with van der Waals surface area (Å²) >= 11 is 0. The van der Waals surface area contributed by atoms with E-state index in [-0.39, 0.29) is 5.75 Å². The lowest BCUT2D eigenvalue weighted by Crippen LogP contribution is -2.37. The van der Waals surface area contributed by atoms with E-state index < -0.39 is 11.6 Å². The zero-order valence-corrected chi connectivity index (χ0v) is 15.1. The van der Waals surface area contributed by atoms with Crippen LogP contribution in [0.5, 0.6) is 17.2 Å². The Morgan fingerprint density at radius 3 is 2.27 bits per heavy atom. The first-order chi connectivity index (χ1) is 12.4. The van der Waals surface area contributed by atoms with E-state index in [9.17, 15) is 9.90 Å². The van der Waals surface area contributed by atoms with Crippen LogP contribution < -0.4 is 14.8 Å². The molecule has 6 nitrogen and oxygen atoms in total. The maximum Gasteiger partial charge on any atom is 0.347 e. The molecule has 6 heteroatoms. The van der Waals surface area contributed by atoms with Crippen LogP contribution in [0.3, 0.4) is 0 Å². The standard InChI is InChI=1S/C20H25NO5/c1-20(2,19(23)24)26-18-8-4-15(5-9-18)14-21-12-3-13-25-17-10-6-16(22)7-11-17/h4-11,21-22H,3,12-14H2,1-2H3,(H,23,24). The van der Waals surface area contributed by atoms with Crippen molar-refractivity contribution in [3.05, 3.63) is 54.1 Å². The highest BCUT2D eigenvalue weighted by Gasteiger charge is 2.29. The average molecular weight is 359 g/mol. The first-order valence-electron chi connectivity index (χ1n) is 8.51. The Hall–Kier alpha value is -2.73. The Morgan fingerprint density at radius 2 is 1.65 bits per heavy atom. The summed E-state index contributed by atoms with van der Waals surface area (Å²) in [7, 11) is 0. The lowest BCUT2D eigenvalue weighted by Gasteiger charge is -2.21. The van der Waals surface area contributed by atoms with Crippen LogP contribution in [-0.4, -0.2) is 34.9 Å². The fourth-order valence-electron chi connectivity index (χ4n) is 2.18. The molecule has 0 spiro atoms. The second-order valence-corrected chi connectivity index (χ2v) is 6.43. The van der Waals surface area contributed by atoms with Gasteiger partial charge < -0.3 is 25.0 Å². The number of ether oxygens (including phenoxy) is 2. The summed E-state index contributed by atoms with van der Waals surface area (Å²) in [5.41, 5.74) is -0.165. The molecule has 0 radical (unpaired) electrons. The van der Waals surface area contributed by atoms with Gasteiger partial charge in [-0.2, -0.15) is 0 Å². The summed E-state index contributed by atoms with van der Waals surface area (Å²) in [4.78, 5) is 11.1. The maximum atomic E-state index is 11.1. The van der Waals surface area contributed by atoms with Crippen LogP contribution in [0, 0.1) is 0 Å². The zero-order valence-electron chi connectivity index (χ0n) is 15.1. The normalized spacial score (nSPS) is 11.2. The zero-order chi connectivity index (χ0) is 19.0. The highest BCUT2D eigenvalue weighted by atomic mass is 16.5. The van der Waals surface area contributed by atoms with E-state index in [0.29, 0.717) is 18.9 Å². The van der Waals surface area contributed by atoms with Crippen LogP contribution in [0.25, 0.3) is 0 Å². The van der Waals surface area contributed by atoms with Crippen LogP contribution in [0.1, 0.15) is 25.8 Å². The van der Waals surface area contributed by atoms with Crippen LogP contribution in [0.2, 0.25) is 0 Å². The molecule has 0 saturated heterocycles. The molecule has 2 rings (SSSR count). The molecule has 140 valence electrons. The molecule has 0 aliphatic carbocycles. The van der Waals surface area contributed by atoms with E-state index in [1.807, 2.05) is 12.1 Å². The van der Waals surface area contributed by atoms with Crippen molar-refractivity contribution in [1.82, 2.24) is 5.32 Å². The SMILES string of the molecule is CC(C)(Oc1ccc(CNCCCOc2ccc(O)cc2)cc1)C(=O)O. The van der Waals surface area contributed by atoms with Crippen LogP contribution in [0.15, 0.2) is 48.5 Å². The monoisotopic (exact) mass is 359 g/mol. The third kappa shape index (κ3) is 6.29. The molecule has 0 aliphatic heterocycles. The van der Waals surface area contributed by atoms with Crippen molar-refractivity contribution in [2.45, 2.75) is 32.4 Å². The van der Waals surface area contributed by atoms with Crippen molar-refractivity contribution in [3.8, 4) is 17.2 Å². The summed E-state index contributed by atoms with van der Waals surface area (Å²) in [6.07, 6.45) is 0.856. The minimum Gasteiger partial charge on any atom is -0.508 e. The molecular formula is C20H25NO5. The number of hydrogen-bond donors (Lipinski definition) is 3. The van der Waals surface area contributed by atoms with Crippen molar-refractivity contribution in [2.75, 3.05) is 13.2 Å². The predicted molar refractivity (Wildman–Crippen MR) is 98.7 cm³/mol. The molecular weight excluding hydrogens is 334 g/mol. The lowest BCUT2D eigenvalue weighted by molar-refractivity contribution is -0.152. The summed E-state index contributed by atoms with van der Waals surface area (Å²) in [5.74, 6) is 0.492.